The normalized spacial score (nSPS) is 18.2. The molecule has 2 fully saturated rings. The third-order valence-electron chi connectivity index (χ3n) is 6.79. The molecule has 1 aliphatic heterocycles. The summed E-state index contributed by atoms with van der Waals surface area (Å²) in [7, 11) is 0. The van der Waals surface area contributed by atoms with Gasteiger partial charge >= 0.3 is 0 Å². The smallest absolute Gasteiger partial charge is 0.237 e. The second-order valence-corrected chi connectivity index (χ2v) is 9.34. The quantitative estimate of drug-likeness (QED) is 0.602. The number of carbonyl (C=O) groups excluding carboxylic acids is 2. The Balaban J connectivity index is 1.22. The van der Waals surface area contributed by atoms with E-state index in [0.717, 1.165) is 62.5 Å². The van der Waals surface area contributed by atoms with Crippen LogP contribution in [-0.4, -0.2) is 76.2 Å². The number of aromatic nitrogens is 2. The number of hydrogen-bond acceptors (Lipinski definition) is 5. The minimum absolute atomic E-state index is 0.0255. The second kappa shape index (κ2) is 10.5. The van der Waals surface area contributed by atoms with Crippen molar-refractivity contribution in [3.63, 3.8) is 0 Å². The summed E-state index contributed by atoms with van der Waals surface area (Å²) in [5, 5.41) is 10.8. The lowest BCUT2D eigenvalue weighted by Gasteiger charge is -2.37. The first-order valence-corrected chi connectivity index (χ1v) is 12.0. The Hall–Kier alpha value is -2.71. The summed E-state index contributed by atoms with van der Waals surface area (Å²) >= 11 is 0. The van der Waals surface area contributed by atoms with Crippen molar-refractivity contribution in [2.45, 2.75) is 58.8 Å². The van der Waals surface area contributed by atoms with Gasteiger partial charge < -0.3 is 10.6 Å². The zero-order valence-electron chi connectivity index (χ0n) is 20.0. The first-order chi connectivity index (χ1) is 15.9. The van der Waals surface area contributed by atoms with E-state index in [-0.39, 0.29) is 17.9 Å². The van der Waals surface area contributed by atoms with Crippen LogP contribution in [0.3, 0.4) is 0 Å². The van der Waals surface area contributed by atoms with Crippen molar-refractivity contribution < 1.29 is 9.59 Å². The highest BCUT2D eigenvalue weighted by molar-refractivity contribution is 5.82. The third kappa shape index (κ3) is 6.21. The second-order valence-electron chi connectivity index (χ2n) is 9.34. The number of amides is 2. The van der Waals surface area contributed by atoms with Crippen molar-refractivity contribution in [2.75, 3.05) is 32.7 Å². The molecule has 2 amide bonds. The van der Waals surface area contributed by atoms with Crippen LogP contribution in [0.2, 0.25) is 0 Å². The van der Waals surface area contributed by atoms with Crippen LogP contribution in [0.15, 0.2) is 30.3 Å². The van der Waals surface area contributed by atoms with Crippen molar-refractivity contribution in [3.05, 3.63) is 52.8 Å². The number of nitrogens with zero attached hydrogens (tertiary/aromatic N) is 4. The fourth-order valence-electron chi connectivity index (χ4n) is 4.37. The molecule has 1 saturated heterocycles. The van der Waals surface area contributed by atoms with Crippen molar-refractivity contribution >= 4 is 11.8 Å². The van der Waals surface area contributed by atoms with E-state index in [4.69, 9.17) is 0 Å². The van der Waals surface area contributed by atoms with Gasteiger partial charge in [-0.15, -0.1) is 0 Å². The topological polar surface area (TPSA) is 82.5 Å². The molecule has 0 radical (unpaired) electrons. The molecule has 1 saturated carbocycles. The van der Waals surface area contributed by atoms with Crippen LogP contribution in [0.25, 0.3) is 0 Å². The summed E-state index contributed by atoms with van der Waals surface area (Å²) < 4.78 is 2.01. The standard InChI is InChI=1S/C25H36N6O2/c1-18-23(19(2)31(28-18)16-21-7-5-4-6-8-21)15-26-24(32)17-29-11-13-30(14-12-29)20(3)25(33)27-22-9-10-22/h4-8,20,22H,9-17H2,1-3H3,(H,26,32)(H,27,33). The highest BCUT2D eigenvalue weighted by Gasteiger charge is 2.30. The Morgan fingerprint density at radius 2 is 1.79 bits per heavy atom. The highest BCUT2D eigenvalue weighted by atomic mass is 16.2. The summed E-state index contributed by atoms with van der Waals surface area (Å²) in [5.74, 6) is 0.153. The van der Waals surface area contributed by atoms with Gasteiger partial charge in [0, 0.05) is 50.0 Å². The summed E-state index contributed by atoms with van der Waals surface area (Å²) in [6, 6.07) is 10.5. The molecule has 2 aromatic rings. The van der Waals surface area contributed by atoms with Gasteiger partial charge in [0.15, 0.2) is 0 Å². The number of benzene rings is 1. The molecule has 1 unspecified atom stereocenters. The fraction of sp³-hybridized carbons (Fsp3) is 0.560. The Labute approximate surface area is 196 Å². The molecule has 178 valence electrons. The van der Waals surface area contributed by atoms with Crippen LogP contribution < -0.4 is 10.6 Å². The van der Waals surface area contributed by atoms with Crippen LogP contribution in [0.4, 0.5) is 0 Å². The lowest BCUT2D eigenvalue weighted by molar-refractivity contribution is -0.128. The van der Waals surface area contributed by atoms with Gasteiger partial charge in [0.05, 0.1) is 24.8 Å². The van der Waals surface area contributed by atoms with Crippen molar-refractivity contribution in [1.82, 2.24) is 30.2 Å². The van der Waals surface area contributed by atoms with Gasteiger partial charge in [-0.2, -0.15) is 5.10 Å². The van der Waals surface area contributed by atoms with E-state index in [2.05, 4.69) is 44.6 Å². The number of nitrogens with one attached hydrogen (secondary N) is 2. The lowest BCUT2D eigenvalue weighted by Crippen LogP contribution is -2.55. The first kappa shape index (κ1) is 23.4. The molecule has 1 aliphatic carbocycles. The maximum absolute atomic E-state index is 12.6. The molecule has 1 aromatic heterocycles. The molecule has 2 heterocycles. The molecule has 2 aliphatic rings. The minimum Gasteiger partial charge on any atom is -0.352 e. The van der Waals surface area contributed by atoms with E-state index in [1.54, 1.807) is 0 Å². The van der Waals surface area contributed by atoms with Crippen molar-refractivity contribution in [3.8, 4) is 0 Å². The highest BCUT2D eigenvalue weighted by Crippen LogP contribution is 2.19. The maximum Gasteiger partial charge on any atom is 0.237 e. The number of carbonyl (C=O) groups is 2. The first-order valence-electron chi connectivity index (χ1n) is 12.0. The SMILES string of the molecule is Cc1nn(Cc2ccccc2)c(C)c1CNC(=O)CN1CCN(C(C)C(=O)NC2CC2)CC1. The average molecular weight is 453 g/mol. The van der Waals surface area contributed by atoms with Crippen LogP contribution in [-0.2, 0) is 22.7 Å². The van der Waals surface area contributed by atoms with Gasteiger partial charge in [-0.1, -0.05) is 30.3 Å². The molecule has 4 rings (SSSR count). The maximum atomic E-state index is 12.6. The van der Waals surface area contributed by atoms with Gasteiger partial charge in [0.2, 0.25) is 11.8 Å². The molecule has 1 aromatic carbocycles. The van der Waals surface area contributed by atoms with Crippen LogP contribution in [0.5, 0.6) is 0 Å². The van der Waals surface area contributed by atoms with E-state index in [1.807, 2.05) is 36.7 Å². The molecule has 1 atom stereocenters. The molecule has 33 heavy (non-hydrogen) atoms. The summed E-state index contributed by atoms with van der Waals surface area (Å²) in [6.45, 7) is 10.8. The summed E-state index contributed by atoms with van der Waals surface area (Å²) in [6.07, 6.45) is 2.21. The molecule has 0 bridgehead atoms. The van der Waals surface area contributed by atoms with Gasteiger partial charge in [0.1, 0.15) is 0 Å². The van der Waals surface area contributed by atoms with E-state index in [0.29, 0.717) is 19.1 Å². The average Bonchev–Trinajstić information content (AvgIpc) is 3.58. The van der Waals surface area contributed by atoms with E-state index < -0.39 is 0 Å². The van der Waals surface area contributed by atoms with Gasteiger partial charge in [-0.25, -0.2) is 0 Å². The van der Waals surface area contributed by atoms with Crippen LogP contribution in [0, 0.1) is 13.8 Å². The molecular formula is C25H36N6O2. The Bertz CT molecular complexity index is 961. The Kier molecular flexibility index (Phi) is 7.45. The fourth-order valence-corrected chi connectivity index (χ4v) is 4.37. The summed E-state index contributed by atoms with van der Waals surface area (Å²) in [5.41, 5.74) is 4.33. The van der Waals surface area contributed by atoms with Crippen molar-refractivity contribution in [1.29, 1.82) is 0 Å². The molecule has 2 N–H and O–H groups in total. The van der Waals surface area contributed by atoms with E-state index in [1.165, 1.54) is 5.56 Å². The molecule has 8 heteroatoms. The van der Waals surface area contributed by atoms with Gasteiger partial charge in [-0.3, -0.25) is 24.1 Å². The number of hydrogen-bond donors (Lipinski definition) is 2. The monoisotopic (exact) mass is 452 g/mol. The van der Waals surface area contributed by atoms with Gasteiger partial charge in [0.25, 0.3) is 0 Å². The predicted octanol–water partition coefficient (Wildman–Crippen LogP) is 1.45. The molecule has 0 spiro atoms. The number of aryl methyl sites for hydroxylation is 1. The van der Waals surface area contributed by atoms with Crippen LogP contribution >= 0.6 is 0 Å². The van der Waals surface area contributed by atoms with E-state index >= 15 is 0 Å². The molecule has 8 nitrogen and oxygen atoms in total. The number of piperazine rings is 1. The zero-order chi connectivity index (χ0) is 23.4. The lowest BCUT2D eigenvalue weighted by atomic mass is 10.2. The van der Waals surface area contributed by atoms with Gasteiger partial charge in [-0.05, 0) is 39.2 Å². The largest absolute Gasteiger partial charge is 0.352 e. The minimum atomic E-state index is -0.111. The summed E-state index contributed by atoms with van der Waals surface area (Å²) in [4.78, 5) is 29.3. The zero-order valence-corrected chi connectivity index (χ0v) is 20.0. The predicted molar refractivity (Wildman–Crippen MR) is 128 cm³/mol. The van der Waals surface area contributed by atoms with Crippen molar-refractivity contribution in [2.24, 2.45) is 0 Å². The molecular weight excluding hydrogens is 416 g/mol. The third-order valence-corrected chi connectivity index (χ3v) is 6.79. The Morgan fingerprint density at radius 1 is 1.09 bits per heavy atom. The van der Waals surface area contributed by atoms with E-state index in [9.17, 15) is 9.59 Å². The Morgan fingerprint density at radius 3 is 2.45 bits per heavy atom. The van der Waals surface area contributed by atoms with Crippen LogP contribution in [0.1, 0.15) is 42.3 Å². The number of rotatable bonds is 9.